The van der Waals surface area contributed by atoms with Gasteiger partial charge in [0.25, 0.3) is 5.91 Å². The van der Waals surface area contributed by atoms with Gasteiger partial charge in [-0.1, -0.05) is 43.5 Å². The summed E-state index contributed by atoms with van der Waals surface area (Å²) in [6.07, 6.45) is 6.26. The van der Waals surface area contributed by atoms with Crippen LogP contribution in [0.3, 0.4) is 0 Å². The molecule has 29 heavy (non-hydrogen) atoms. The van der Waals surface area contributed by atoms with Gasteiger partial charge < -0.3 is 15.4 Å². The lowest BCUT2D eigenvalue weighted by atomic mass is 9.89. The molecule has 154 valence electrons. The topological polar surface area (TPSA) is 67.4 Å². The average molecular weight is 413 g/mol. The molecule has 2 amide bonds. The molecule has 2 N–H and O–H groups in total. The Morgan fingerprint density at radius 3 is 2.55 bits per heavy atom. The summed E-state index contributed by atoms with van der Waals surface area (Å²) in [7, 11) is 1.57. The van der Waals surface area contributed by atoms with Crippen molar-refractivity contribution in [2.24, 2.45) is 5.92 Å². The predicted octanol–water partition coefficient (Wildman–Crippen LogP) is 4.74. The maximum Gasteiger partial charge on any atom is 0.256 e. The molecule has 2 aromatic carbocycles. The van der Waals surface area contributed by atoms with Crippen molar-refractivity contribution in [2.75, 3.05) is 24.7 Å². The zero-order chi connectivity index (χ0) is 20.5. The first-order valence-corrected chi connectivity index (χ1v) is 11.1. The highest BCUT2D eigenvalue weighted by molar-refractivity contribution is 8.00. The van der Waals surface area contributed by atoms with E-state index in [1.807, 2.05) is 30.3 Å². The van der Waals surface area contributed by atoms with Crippen LogP contribution in [-0.4, -0.2) is 31.2 Å². The van der Waals surface area contributed by atoms with E-state index in [1.165, 1.54) is 43.9 Å². The number of carbonyl (C=O) groups excluding carboxylic acids is 2. The minimum absolute atomic E-state index is 0.0144. The van der Waals surface area contributed by atoms with Gasteiger partial charge in [0.05, 0.1) is 24.1 Å². The molecule has 2 aromatic rings. The van der Waals surface area contributed by atoms with Crippen LogP contribution < -0.4 is 15.4 Å². The van der Waals surface area contributed by atoms with Gasteiger partial charge in [-0.15, -0.1) is 11.8 Å². The van der Waals surface area contributed by atoms with E-state index in [1.54, 1.807) is 25.3 Å². The van der Waals surface area contributed by atoms with Crippen LogP contribution in [0, 0.1) is 5.92 Å². The summed E-state index contributed by atoms with van der Waals surface area (Å²) in [5.41, 5.74) is 1.16. The van der Waals surface area contributed by atoms with Crippen molar-refractivity contribution < 1.29 is 14.3 Å². The number of thioether (sulfide) groups is 1. The molecule has 0 spiro atoms. The molecule has 1 aliphatic carbocycles. The van der Waals surface area contributed by atoms with Gasteiger partial charge in [-0.3, -0.25) is 9.59 Å². The van der Waals surface area contributed by atoms with Crippen molar-refractivity contribution in [1.29, 1.82) is 0 Å². The van der Waals surface area contributed by atoms with Crippen LogP contribution >= 0.6 is 11.8 Å². The summed E-state index contributed by atoms with van der Waals surface area (Å²) >= 11 is 1.39. The molecule has 1 saturated carbocycles. The van der Waals surface area contributed by atoms with Gasteiger partial charge in [0, 0.05) is 11.4 Å². The van der Waals surface area contributed by atoms with E-state index >= 15 is 0 Å². The molecule has 0 bridgehead atoms. The fourth-order valence-corrected chi connectivity index (χ4v) is 4.44. The van der Waals surface area contributed by atoms with Crippen LogP contribution in [0.2, 0.25) is 0 Å². The highest BCUT2D eigenvalue weighted by Crippen LogP contribution is 2.27. The van der Waals surface area contributed by atoms with Gasteiger partial charge in [0.15, 0.2) is 0 Å². The molecule has 3 rings (SSSR count). The maximum absolute atomic E-state index is 12.8. The Morgan fingerprint density at radius 1 is 1.03 bits per heavy atom. The van der Waals surface area contributed by atoms with E-state index in [-0.39, 0.29) is 11.8 Å². The van der Waals surface area contributed by atoms with Crippen LogP contribution in [0.5, 0.6) is 5.75 Å². The molecular weight excluding hydrogens is 384 g/mol. The number of benzene rings is 2. The molecule has 0 atom stereocenters. The molecule has 0 aromatic heterocycles. The minimum Gasteiger partial charge on any atom is -0.495 e. The summed E-state index contributed by atoms with van der Waals surface area (Å²) < 4.78 is 5.30. The van der Waals surface area contributed by atoms with Gasteiger partial charge >= 0.3 is 0 Å². The van der Waals surface area contributed by atoms with E-state index in [2.05, 4.69) is 10.6 Å². The standard InChI is InChI=1S/C23H28N2O3S/c1-28-20-13-7-6-12-19(20)25-23(27)18-11-5-8-14-21(18)29-16-22(26)24-15-17-9-3-2-4-10-17/h5-8,11-14,17H,2-4,9-10,15-16H2,1H3,(H,24,26)(H,25,27). The molecule has 0 radical (unpaired) electrons. The number of ether oxygens (including phenoxy) is 1. The SMILES string of the molecule is COc1ccccc1NC(=O)c1ccccc1SCC(=O)NCC1CCCCC1. The highest BCUT2D eigenvalue weighted by atomic mass is 32.2. The summed E-state index contributed by atoms with van der Waals surface area (Å²) in [6.45, 7) is 0.759. The Hall–Kier alpha value is -2.47. The molecular formula is C23H28N2O3S. The van der Waals surface area contributed by atoms with Gasteiger partial charge in [-0.25, -0.2) is 0 Å². The van der Waals surface area contributed by atoms with Gasteiger partial charge in [0.2, 0.25) is 5.91 Å². The normalized spacial score (nSPS) is 14.2. The van der Waals surface area contributed by atoms with E-state index in [0.717, 1.165) is 11.4 Å². The second-order valence-corrected chi connectivity index (χ2v) is 8.26. The summed E-state index contributed by atoms with van der Waals surface area (Å²) in [5, 5.41) is 5.95. The lowest BCUT2D eigenvalue weighted by Crippen LogP contribution is -2.31. The van der Waals surface area contributed by atoms with E-state index in [4.69, 9.17) is 4.74 Å². The van der Waals surface area contributed by atoms with Crippen molar-refractivity contribution in [3.63, 3.8) is 0 Å². The molecule has 5 nitrogen and oxygen atoms in total. The first kappa shape index (κ1) is 21.2. The average Bonchev–Trinajstić information content (AvgIpc) is 2.77. The third kappa shape index (κ3) is 6.26. The second-order valence-electron chi connectivity index (χ2n) is 7.25. The molecule has 0 aliphatic heterocycles. The summed E-state index contributed by atoms with van der Waals surface area (Å²) in [4.78, 5) is 25.9. The van der Waals surface area contributed by atoms with Crippen LogP contribution in [-0.2, 0) is 4.79 Å². The number of methoxy groups -OCH3 is 1. The molecule has 0 saturated heterocycles. The Morgan fingerprint density at radius 2 is 1.76 bits per heavy atom. The quantitative estimate of drug-likeness (QED) is 0.615. The Bertz CT molecular complexity index is 834. The Labute approximate surface area is 176 Å². The molecule has 1 fully saturated rings. The fourth-order valence-electron chi connectivity index (χ4n) is 3.56. The lowest BCUT2D eigenvalue weighted by Gasteiger charge is -2.21. The van der Waals surface area contributed by atoms with E-state index in [9.17, 15) is 9.59 Å². The monoisotopic (exact) mass is 412 g/mol. The first-order valence-electron chi connectivity index (χ1n) is 10.1. The minimum atomic E-state index is -0.222. The van der Waals surface area contributed by atoms with Crippen LogP contribution in [0.1, 0.15) is 42.5 Å². The van der Waals surface area contributed by atoms with Crippen LogP contribution in [0.25, 0.3) is 0 Å². The summed E-state index contributed by atoms with van der Waals surface area (Å²) in [6, 6.07) is 14.6. The first-order chi connectivity index (χ1) is 14.2. The largest absolute Gasteiger partial charge is 0.495 e. The zero-order valence-corrected chi connectivity index (χ0v) is 17.6. The molecule has 6 heteroatoms. The van der Waals surface area contributed by atoms with Crippen molar-refractivity contribution >= 4 is 29.3 Å². The van der Waals surface area contributed by atoms with Crippen molar-refractivity contribution in [2.45, 2.75) is 37.0 Å². The maximum atomic E-state index is 12.8. The van der Waals surface area contributed by atoms with Gasteiger partial charge in [0.1, 0.15) is 5.75 Å². The van der Waals surface area contributed by atoms with Crippen LogP contribution in [0.15, 0.2) is 53.4 Å². The number of hydrogen-bond acceptors (Lipinski definition) is 4. The number of nitrogens with one attached hydrogen (secondary N) is 2. The Balaban J connectivity index is 1.56. The van der Waals surface area contributed by atoms with Crippen molar-refractivity contribution in [3.05, 3.63) is 54.1 Å². The number of anilines is 1. The third-order valence-electron chi connectivity index (χ3n) is 5.16. The number of rotatable bonds is 8. The highest BCUT2D eigenvalue weighted by Gasteiger charge is 2.16. The zero-order valence-electron chi connectivity index (χ0n) is 16.8. The smallest absolute Gasteiger partial charge is 0.256 e. The molecule has 1 aliphatic rings. The number of carbonyl (C=O) groups is 2. The summed E-state index contributed by atoms with van der Waals surface area (Å²) in [5.74, 6) is 1.30. The fraction of sp³-hybridized carbons (Fsp3) is 0.391. The molecule has 0 heterocycles. The third-order valence-corrected chi connectivity index (χ3v) is 6.23. The van der Waals surface area contributed by atoms with Gasteiger partial charge in [-0.05, 0) is 43.0 Å². The van der Waals surface area contributed by atoms with Gasteiger partial charge in [-0.2, -0.15) is 0 Å². The molecule has 0 unspecified atom stereocenters. The lowest BCUT2D eigenvalue weighted by molar-refractivity contribution is -0.118. The van der Waals surface area contributed by atoms with E-state index in [0.29, 0.717) is 28.7 Å². The number of para-hydroxylation sites is 2. The van der Waals surface area contributed by atoms with Crippen LogP contribution in [0.4, 0.5) is 5.69 Å². The van der Waals surface area contributed by atoms with Crippen molar-refractivity contribution in [3.8, 4) is 5.75 Å². The number of amides is 2. The second kappa shape index (κ2) is 10.9. The number of hydrogen-bond donors (Lipinski definition) is 2. The predicted molar refractivity (Wildman–Crippen MR) is 118 cm³/mol. The van der Waals surface area contributed by atoms with E-state index < -0.39 is 0 Å². The van der Waals surface area contributed by atoms with Crippen molar-refractivity contribution in [1.82, 2.24) is 5.32 Å². The Kier molecular flexibility index (Phi) is 7.99.